The first-order chi connectivity index (χ1) is 14.8. The summed E-state index contributed by atoms with van der Waals surface area (Å²) in [5.41, 5.74) is 2.92. The van der Waals surface area contributed by atoms with E-state index < -0.39 is 10.0 Å². The molecule has 0 heterocycles. The van der Waals surface area contributed by atoms with Gasteiger partial charge in [-0.05, 0) is 59.5 Å². The van der Waals surface area contributed by atoms with Crippen LogP contribution in [-0.4, -0.2) is 21.4 Å². The van der Waals surface area contributed by atoms with Crippen molar-refractivity contribution in [2.45, 2.75) is 31.2 Å². The average molecular weight is 439 g/mol. The molecule has 0 saturated carbocycles. The van der Waals surface area contributed by atoms with Gasteiger partial charge in [-0.1, -0.05) is 44.2 Å². The fourth-order valence-corrected chi connectivity index (χ4v) is 4.05. The van der Waals surface area contributed by atoms with Crippen molar-refractivity contribution in [3.63, 3.8) is 0 Å². The standard InChI is InChI=1S/C24H26N2O4S/c1-17(2)19-9-7-18(8-10-19)16-25-24(27)20-5-4-6-21(15-20)26-31(28,29)23-13-11-22(30-3)12-14-23/h4-15,17,26H,16H2,1-3H3,(H,25,27). The summed E-state index contributed by atoms with van der Waals surface area (Å²) in [7, 11) is -2.27. The highest BCUT2D eigenvalue weighted by Crippen LogP contribution is 2.20. The molecular weight excluding hydrogens is 412 g/mol. The van der Waals surface area contributed by atoms with Crippen molar-refractivity contribution in [1.29, 1.82) is 0 Å². The minimum Gasteiger partial charge on any atom is -0.497 e. The van der Waals surface area contributed by atoms with E-state index in [1.165, 1.54) is 30.9 Å². The van der Waals surface area contributed by atoms with Gasteiger partial charge in [-0.2, -0.15) is 0 Å². The molecule has 3 aromatic rings. The predicted molar refractivity (Wildman–Crippen MR) is 122 cm³/mol. The van der Waals surface area contributed by atoms with Crippen molar-refractivity contribution in [1.82, 2.24) is 5.32 Å². The molecule has 0 aliphatic rings. The number of anilines is 1. The molecule has 1 amide bonds. The lowest BCUT2D eigenvalue weighted by molar-refractivity contribution is 0.0951. The van der Waals surface area contributed by atoms with Crippen LogP contribution in [0.25, 0.3) is 0 Å². The normalized spacial score (nSPS) is 11.2. The van der Waals surface area contributed by atoms with Crippen LogP contribution >= 0.6 is 0 Å². The molecule has 0 aliphatic carbocycles. The van der Waals surface area contributed by atoms with Crippen LogP contribution in [0.2, 0.25) is 0 Å². The molecule has 0 unspecified atom stereocenters. The fraction of sp³-hybridized carbons (Fsp3) is 0.208. The summed E-state index contributed by atoms with van der Waals surface area (Å²) in [6.45, 7) is 4.65. The third-order valence-electron chi connectivity index (χ3n) is 4.85. The van der Waals surface area contributed by atoms with Crippen LogP contribution in [0.1, 0.15) is 41.3 Å². The molecule has 6 nitrogen and oxygen atoms in total. The number of amides is 1. The number of sulfonamides is 1. The summed E-state index contributed by atoms with van der Waals surface area (Å²) in [6, 6.07) is 20.6. The third-order valence-corrected chi connectivity index (χ3v) is 6.24. The van der Waals surface area contributed by atoms with E-state index in [2.05, 4.69) is 36.0 Å². The number of hydrogen-bond donors (Lipinski definition) is 2. The van der Waals surface area contributed by atoms with E-state index in [1.54, 1.807) is 30.3 Å². The van der Waals surface area contributed by atoms with Gasteiger partial charge in [0.15, 0.2) is 0 Å². The van der Waals surface area contributed by atoms with Gasteiger partial charge in [-0.25, -0.2) is 8.42 Å². The van der Waals surface area contributed by atoms with E-state index in [9.17, 15) is 13.2 Å². The molecule has 31 heavy (non-hydrogen) atoms. The van der Waals surface area contributed by atoms with Gasteiger partial charge in [0.25, 0.3) is 15.9 Å². The molecule has 2 N–H and O–H groups in total. The molecule has 3 rings (SSSR count). The molecule has 0 fully saturated rings. The second-order valence-corrected chi connectivity index (χ2v) is 9.12. The summed E-state index contributed by atoms with van der Waals surface area (Å²) in [4.78, 5) is 12.7. The number of carbonyl (C=O) groups excluding carboxylic acids is 1. The SMILES string of the molecule is COc1ccc(S(=O)(=O)Nc2cccc(C(=O)NCc3ccc(C(C)C)cc3)c2)cc1. The zero-order chi connectivity index (χ0) is 22.4. The average Bonchev–Trinajstić information content (AvgIpc) is 2.77. The van der Waals surface area contributed by atoms with E-state index in [1.807, 2.05) is 12.1 Å². The number of benzene rings is 3. The van der Waals surface area contributed by atoms with Crippen LogP contribution in [0.5, 0.6) is 5.75 Å². The molecule has 0 spiro atoms. The maximum atomic E-state index is 12.6. The van der Waals surface area contributed by atoms with Crippen LogP contribution in [-0.2, 0) is 16.6 Å². The maximum Gasteiger partial charge on any atom is 0.261 e. The minimum atomic E-state index is -3.78. The molecule has 0 saturated heterocycles. The largest absolute Gasteiger partial charge is 0.497 e. The van der Waals surface area contributed by atoms with Crippen LogP contribution in [0.15, 0.2) is 77.7 Å². The van der Waals surface area contributed by atoms with E-state index in [-0.39, 0.29) is 10.8 Å². The zero-order valence-corrected chi connectivity index (χ0v) is 18.6. The van der Waals surface area contributed by atoms with Crippen LogP contribution in [0.4, 0.5) is 5.69 Å². The van der Waals surface area contributed by atoms with Crippen LogP contribution in [0, 0.1) is 0 Å². The summed E-state index contributed by atoms with van der Waals surface area (Å²) < 4.78 is 32.8. The number of nitrogens with one attached hydrogen (secondary N) is 2. The first kappa shape index (κ1) is 22.4. The van der Waals surface area contributed by atoms with Crippen LogP contribution < -0.4 is 14.8 Å². The number of hydrogen-bond acceptors (Lipinski definition) is 4. The van der Waals surface area contributed by atoms with E-state index in [0.29, 0.717) is 29.5 Å². The Kier molecular flexibility index (Phi) is 6.97. The zero-order valence-electron chi connectivity index (χ0n) is 17.8. The lowest BCUT2D eigenvalue weighted by Crippen LogP contribution is -2.23. The summed E-state index contributed by atoms with van der Waals surface area (Å²) in [5, 5.41) is 2.87. The Morgan fingerprint density at radius 1 is 0.968 bits per heavy atom. The van der Waals surface area contributed by atoms with Gasteiger partial charge in [0, 0.05) is 17.8 Å². The smallest absolute Gasteiger partial charge is 0.261 e. The first-order valence-corrected chi connectivity index (χ1v) is 11.4. The molecule has 7 heteroatoms. The van der Waals surface area contributed by atoms with Gasteiger partial charge >= 0.3 is 0 Å². The molecule has 0 atom stereocenters. The van der Waals surface area contributed by atoms with E-state index >= 15 is 0 Å². The summed E-state index contributed by atoms with van der Waals surface area (Å²) in [6.07, 6.45) is 0. The second kappa shape index (κ2) is 9.66. The minimum absolute atomic E-state index is 0.105. The Balaban J connectivity index is 1.66. The third kappa shape index (κ3) is 5.86. The lowest BCUT2D eigenvalue weighted by atomic mass is 10.0. The highest BCUT2D eigenvalue weighted by molar-refractivity contribution is 7.92. The highest BCUT2D eigenvalue weighted by atomic mass is 32.2. The van der Waals surface area contributed by atoms with E-state index in [0.717, 1.165) is 5.56 Å². The number of ether oxygens (including phenoxy) is 1. The monoisotopic (exact) mass is 438 g/mol. The van der Waals surface area contributed by atoms with Gasteiger partial charge < -0.3 is 10.1 Å². The van der Waals surface area contributed by atoms with Gasteiger partial charge in [0.2, 0.25) is 0 Å². The summed E-state index contributed by atoms with van der Waals surface area (Å²) >= 11 is 0. The van der Waals surface area contributed by atoms with E-state index in [4.69, 9.17) is 4.74 Å². The maximum absolute atomic E-state index is 12.6. The van der Waals surface area contributed by atoms with Crippen molar-refractivity contribution in [2.75, 3.05) is 11.8 Å². The highest BCUT2D eigenvalue weighted by Gasteiger charge is 2.15. The first-order valence-electron chi connectivity index (χ1n) is 9.92. The number of rotatable bonds is 8. The predicted octanol–water partition coefficient (Wildman–Crippen LogP) is 4.55. The van der Waals surface area contributed by atoms with Crippen molar-refractivity contribution in [3.8, 4) is 5.75 Å². The molecule has 0 bridgehead atoms. The molecule has 162 valence electrons. The Bertz CT molecular complexity index is 1140. The number of carbonyl (C=O) groups is 1. The van der Waals surface area contributed by atoms with Crippen molar-refractivity contribution in [2.24, 2.45) is 0 Å². The van der Waals surface area contributed by atoms with Gasteiger partial charge in [0.05, 0.1) is 12.0 Å². The number of methoxy groups -OCH3 is 1. The van der Waals surface area contributed by atoms with Gasteiger partial charge in [0.1, 0.15) is 5.75 Å². The Morgan fingerprint density at radius 2 is 1.65 bits per heavy atom. The van der Waals surface area contributed by atoms with Crippen molar-refractivity contribution >= 4 is 21.6 Å². The molecule has 3 aromatic carbocycles. The Hall–Kier alpha value is -3.32. The quantitative estimate of drug-likeness (QED) is 0.540. The van der Waals surface area contributed by atoms with Gasteiger partial charge in [-0.15, -0.1) is 0 Å². The lowest BCUT2D eigenvalue weighted by Gasteiger charge is -2.11. The van der Waals surface area contributed by atoms with Crippen molar-refractivity contribution < 1.29 is 17.9 Å². The molecule has 0 aromatic heterocycles. The summed E-state index contributed by atoms with van der Waals surface area (Å²) in [5.74, 6) is 0.739. The molecular formula is C24H26N2O4S. The molecule has 0 radical (unpaired) electrons. The van der Waals surface area contributed by atoms with Gasteiger partial charge in [-0.3, -0.25) is 9.52 Å². The fourth-order valence-electron chi connectivity index (χ4n) is 3.00. The van der Waals surface area contributed by atoms with Crippen molar-refractivity contribution in [3.05, 3.63) is 89.5 Å². The topological polar surface area (TPSA) is 84.5 Å². The Labute approximate surface area is 183 Å². The van der Waals surface area contributed by atoms with Crippen LogP contribution in [0.3, 0.4) is 0 Å². The molecule has 0 aliphatic heterocycles. The second-order valence-electron chi connectivity index (χ2n) is 7.44. The Morgan fingerprint density at radius 3 is 2.26 bits per heavy atom.